The van der Waals surface area contributed by atoms with Crippen LogP contribution in [0.4, 0.5) is 25.0 Å². The zero-order chi connectivity index (χ0) is 20.4. The molecule has 0 fully saturated rings. The Hall–Kier alpha value is -3.00. The lowest BCUT2D eigenvalue weighted by atomic mass is 10.1. The minimum atomic E-state index is -0.805. The summed E-state index contributed by atoms with van der Waals surface area (Å²) in [5, 5.41) is 5.38. The number of ketones is 1. The highest BCUT2D eigenvalue weighted by Crippen LogP contribution is 2.27. The van der Waals surface area contributed by atoms with Crippen LogP contribution in [0.2, 0.25) is 0 Å². The van der Waals surface area contributed by atoms with Crippen LogP contribution < -0.4 is 10.6 Å². The summed E-state index contributed by atoms with van der Waals surface area (Å²) in [7, 11) is 0. The van der Waals surface area contributed by atoms with Crippen molar-refractivity contribution in [1.29, 1.82) is 0 Å². The molecule has 0 radical (unpaired) electrons. The maximum atomic E-state index is 14.0. The van der Waals surface area contributed by atoms with Crippen molar-refractivity contribution in [2.45, 2.75) is 18.7 Å². The van der Waals surface area contributed by atoms with Gasteiger partial charge in [0.1, 0.15) is 11.3 Å². The summed E-state index contributed by atoms with van der Waals surface area (Å²) in [4.78, 5) is 29.1. The number of halogens is 2. The summed E-state index contributed by atoms with van der Waals surface area (Å²) >= 11 is 1.43. The molecule has 1 heterocycles. The van der Waals surface area contributed by atoms with E-state index in [4.69, 9.17) is 0 Å². The highest BCUT2D eigenvalue weighted by Gasteiger charge is 2.14. The van der Waals surface area contributed by atoms with E-state index in [-0.39, 0.29) is 22.4 Å². The number of hydrogen-bond donors (Lipinski definition) is 2. The Labute approximate surface area is 164 Å². The average Bonchev–Trinajstić information content (AvgIpc) is 2.62. The number of rotatable bonds is 4. The molecule has 144 valence electrons. The maximum absolute atomic E-state index is 14.0. The number of thioether (sulfide) groups is 1. The third-order valence-corrected chi connectivity index (χ3v) is 4.84. The van der Waals surface area contributed by atoms with Crippen molar-refractivity contribution in [3.63, 3.8) is 0 Å². The number of carbonyl (C=O) groups excluding carboxylic acids is 2. The lowest BCUT2D eigenvalue weighted by Crippen LogP contribution is -2.20. The van der Waals surface area contributed by atoms with Gasteiger partial charge in [0.2, 0.25) is 0 Å². The molecule has 0 aliphatic heterocycles. The Morgan fingerprint density at radius 1 is 1.07 bits per heavy atom. The Morgan fingerprint density at radius 2 is 1.82 bits per heavy atom. The number of hydrogen-bond acceptors (Lipinski definition) is 4. The summed E-state index contributed by atoms with van der Waals surface area (Å²) in [5.41, 5.74) is 1.59. The molecule has 0 saturated heterocycles. The van der Waals surface area contributed by atoms with E-state index in [0.717, 1.165) is 17.0 Å². The molecule has 0 saturated carbocycles. The van der Waals surface area contributed by atoms with E-state index in [1.807, 2.05) is 6.26 Å². The molecule has 2 aromatic carbocycles. The number of pyridine rings is 1. The maximum Gasteiger partial charge on any atom is 0.323 e. The van der Waals surface area contributed by atoms with Crippen LogP contribution in [0.15, 0.2) is 41.3 Å². The molecule has 2 amide bonds. The molecular weight excluding hydrogens is 384 g/mol. The van der Waals surface area contributed by atoms with Crippen LogP contribution in [-0.2, 0) is 0 Å². The smallest absolute Gasteiger partial charge is 0.308 e. The zero-order valence-corrected chi connectivity index (χ0v) is 16.2. The number of nitrogens with zero attached hydrogens (tertiary/aromatic N) is 1. The quantitative estimate of drug-likeness (QED) is 0.454. The van der Waals surface area contributed by atoms with Gasteiger partial charge in [-0.15, -0.1) is 11.8 Å². The molecule has 5 nitrogen and oxygen atoms in total. The summed E-state index contributed by atoms with van der Waals surface area (Å²) in [6, 6.07) is 7.78. The van der Waals surface area contributed by atoms with Crippen molar-refractivity contribution in [2.75, 3.05) is 16.9 Å². The normalized spacial score (nSPS) is 10.8. The molecule has 1 aromatic heterocycles. The summed E-state index contributed by atoms with van der Waals surface area (Å²) in [6.45, 7) is 3.10. The van der Waals surface area contributed by atoms with Crippen molar-refractivity contribution in [1.82, 2.24) is 4.98 Å². The van der Waals surface area contributed by atoms with Crippen molar-refractivity contribution in [3.05, 3.63) is 59.3 Å². The molecule has 0 aliphatic carbocycles. The van der Waals surface area contributed by atoms with Gasteiger partial charge in [0, 0.05) is 33.3 Å². The number of carbonyl (C=O) groups is 2. The van der Waals surface area contributed by atoms with E-state index in [9.17, 15) is 18.4 Å². The molecule has 8 heteroatoms. The first-order valence-electron chi connectivity index (χ1n) is 8.32. The predicted octanol–water partition coefficient (Wildman–Crippen LogP) is 5.39. The number of urea groups is 1. The van der Waals surface area contributed by atoms with Gasteiger partial charge in [-0.3, -0.25) is 4.79 Å². The van der Waals surface area contributed by atoms with E-state index in [1.165, 1.54) is 24.8 Å². The molecule has 3 aromatic rings. The second-order valence-corrected chi connectivity index (χ2v) is 6.99. The predicted molar refractivity (Wildman–Crippen MR) is 107 cm³/mol. The third-order valence-electron chi connectivity index (χ3n) is 4.04. The van der Waals surface area contributed by atoms with Gasteiger partial charge in [-0.2, -0.15) is 0 Å². The van der Waals surface area contributed by atoms with Gasteiger partial charge in [0.15, 0.2) is 11.6 Å². The Morgan fingerprint density at radius 3 is 2.50 bits per heavy atom. The molecule has 2 N–H and O–H groups in total. The Kier molecular flexibility index (Phi) is 5.60. The van der Waals surface area contributed by atoms with Crippen LogP contribution in [0.1, 0.15) is 23.0 Å². The fourth-order valence-electron chi connectivity index (χ4n) is 2.83. The van der Waals surface area contributed by atoms with E-state index < -0.39 is 17.7 Å². The topological polar surface area (TPSA) is 71.1 Å². The molecule has 0 atom stereocenters. The first-order valence-corrected chi connectivity index (χ1v) is 9.54. The SMILES string of the molecule is CSc1ccc(NC(=O)Nc2cc(C)nc3c(F)cc(F)cc23)cc1C(C)=O. The zero-order valence-electron chi connectivity index (χ0n) is 15.4. The van der Waals surface area contributed by atoms with Crippen LogP contribution in [-0.4, -0.2) is 23.1 Å². The first-order chi connectivity index (χ1) is 13.3. The Bertz CT molecular complexity index is 1100. The summed E-state index contributed by atoms with van der Waals surface area (Å²) in [5.74, 6) is -1.69. The molecule has 0 aliphatic rings. The summed E-state index contributed by atoms with van der Waals surface area (Å²) < 4.78 is 27.6. The van der Waals surface area contributed by atoms with Crippen LogP contribution in [0, 0.1) is 18.6 Å². The second-order valence-electron chi connectivity index (χ2n) is 6.15. The van der Waals surface area contributed by atoms with Crippen molar-refractivity contribution in [3.8, 4) is 0 Å². The van der Waals surface area contributed by atoms with E-state index in [1.54, 1.807) is 25.1 Å². The van der Waals surface area contributed by atoms with Gasteiger partial charge in [-0.05, 0) is 50.4 Å². The van der Waals surface area contributed by atoms with Gasteiger partial charge < -0.3 is 10.6 Å². The molecule has 0 spiro atoms. The van der Waals surface area contributed by atoms with E-state index in [0.29, 0.717) is 16.9 Å². The minimum absolute atomic E-state index is 0.0279. The highest BCUT2D eigenvalue weighted by molar-refractivity contribution is 7.98. The number of aromatic nitrogens is 1. The molecule has 0 unspecified atom stereocenters. The van der Waals surface area contributed by atoms with Crippen LogP contribution in [0.5, 0.6) is 0 Å². The van der Waals surface area contributed by atoms with E-state index in [2.05, 4.69) is 15.6 Å². The fourth-order valence-corrected chi connectivity index (χ4v) is 3.46. The number of amides is 2. The van der Waals surface area contributed by atoms with E-state index >= 15 is 0 Å². The van der Waals surface area contributed by atoms with Crippen molar-refractivity contribution in [2.24, 2.45) is 0 Å². The molecule has 3 rings (SSSR count). The number of benzene rings is 2. The highest BCUT2D eigenvalue weighted by atomic mass is 32.2. The number of nitrogens with one attached hydrogen (secondary N) is 2. The number of aryl methyl sites for hydroxylation is 1. The molecule has 28 heavy (non-hydrogen) atoms. The van der Waals surface area contributed by atoms with Gasteiger partial charge in [-0.25, -0.2) is 18.6 Å². The van der Waals surface area contributed by atoms with Crippen LogP contribution in [0.25, 0.3) is 10.9 Å². The first kappa shape index (κ1) is 19.8. The summed E-state index contributed by atoms with van der Waals surface area (Å²) in [6.07, 6.45) is 1.86. The van der Waals surface area contributed by atoms with Crippen molar-refractivity contribution >= 4 is 45.9 Å². The Balaban J connectivity index is 1.90. The van der Waals surface area contributed by atoms with Gasteiger partial charge in [-0.1, -0.05) is 0 Å². The molecular formula is C20H17F2N3O2S. The van der Waals surface area contributed by atoms with Crippen LogP contribution >= 0.6 is 11.8 Å². The number of Topliss-reactive ketones (excluding diaryl/α,β-unsaturated/α-hetero) is 1. The van der Waals surface area contributed by atoms with Crippen LogP contribution in [0.3, 0.4) is 0 Å². The van der Waals surface area contributed by atoms with Gasteiger partial charge in [0.05, 0.1) is 5.69 Å². The monoisotopic (exact) mass is 401 g/mol. The van der Waals surface area contributed by atoms with Crippen molar-refractivity contribution < 1.29 is 18.4 Å². The second kappa shape index (κ2) is 7.93. The number of anilines is 2. The number of fused-ring (bicyclic) bond motifs is 1. The largest absolute Gasteiger partial charge is 0.323 e. The lowest BCUT2D eigenvalue weighted by Gasteiger charge is -2.13. The lowest BCUT2D eigenvalue weighted by molar-refractivity contribution is 0.101. The standard InChI is InChI=1S/C20H17F2N3O2S/c1-10-6-17(15-7-12(21)8-16(22)19(15)23-10)25-20(27)24-13-4-5-18(28-3)14(9-13)11(2)26/h4-9H,1-3H3,(H2,23,24,25,27). The fraction of sp³-hybridized carbons (Fsp3) is 0.150. The third kappa shape index (κ3) is 4.12. The minimum Gasteiger partial charge on any atom is -0.308 e. The average molecular weight is 401 g/mol. The van der Waals surface area contributed by atoms with Gasteiger partial charge in [0.25, 0.3) is 0 Å². The molecule has 0 bridgehead atoms. The van der Waals surface area contributed by atoms with Gasteiger partial charge >= 0.3 is 6.03 Å².